The van der Waals surface area contributed by atoms with Crippen molar-refractivity contribution in [2.24, 2.45) is 0 Å². The average Bonchev–Trinajstić information content (AvgIpc) is 3.72. The maximum absolute atomic E-state index is 12.3. The molecule has 2 aromatic carbocycles. The standard InChI is InChI=1S/C28H30N4O3S/c33-27(35-22-5-2-1-3-6-22)29-21-9-7-20(8-10-21)26-30-24(28(13-4-14-28)36-23-11-12-23)19-25(31-26)32-15-17-34-18-16-32/h1-3,5-10,19,23H,4,11-18H2,(H,29,33)/p+1. The highest BCUT2D eigenvalue weighted by molar-refractivity contribution is 7.80. The summed E-state index contributed by atoms with van der Waals surface area (Å²) in [5.74, 6) is 2.23. The number of amides is 1. The van der Waals surface area contributed by atoms with Gasteiger partial charge in [0.1, 0.15) is 22.5 Å². The van der Waals surface area contributed by atoms with E-state index < -0.39 is 6.09 Å². The van der Waals surface area contributed by atoms with Crippen molar-refractivity contribution in [3.05, 3.63) is 66.4 Å². The molecule has 1 N–H and O–H groups in total. The van der Waals surface area contributed by atoms with Crippen LogP contribution >= 0.6 is 0 Å². The van der Waals surface area contributed by atoms with Crippen LogP contribution in [0, 0.1) is 0 Å². The predicted octanol–water partition coefficient (Wildman–Crippen LogP) is 4.95. The van der Waals surface area contributed by atoms with Crippen LogP contribution in [-0.2, 0) is 21.2 Å². The molecule has 0 bridgehead atoms. The molecule has 1 aromatic heterocycles. The second kappa shape index (κ2) is 10.1. The number of nitrogens with one attached hydrogen (secondary N) is 1. The third kappa shape index (κ3) is 5.20. The molecule has 3 aromatic rings. The van der Waals surface area contributed by atoms with Crippen molar-refractivity contribution in [2.45, 2.75) is 42.1 Å². The summed E-state index contributed by atoms with van der Waals surface area (Å²) in [6.07, 6.45) is 5.85. The summed E-state index contributed by atoms with van der Waals surface area (Å²) in [5.41, 5.74) is 2.78. The van der Waals surface area contributed by atoms with Crippen molar-refractivity contribution in [1.29, 1.82) is 0 Å². The molecule has 7 nitrogen and oxygen atoms in total. The van der Waals surface area contributed by atoms with E-state index in [1.807, 2.05) is 42.5 Å². The second-order valence-corrected chi connectivity index (χ2v) is 11.5. The minimum absolute atomic E-state index is 0.169. The molecule has 2 saturated carbocycles. The normalized spacial score (nSPS) is 18.8. The number of hydrogen-bond acceptors (Lipinski definition) is 6. The SMILES string of the molecule is O=C(Nc1ccc(-c2nc(N3CCOCC3)cc(C3([SH+]C4CC4)CCC3)n2)cc1)Oc1ccccc1. The predicted molar refractivity (Wildman–Crippen MR) is 144 cm³/mol. The number of rotatable bonds is 7. The lowest BCUT2D eigenvalue weighted by atomic mass is 9.81. The molecule has 1 amide bonds. The smallest absolute Gasteiger partial charge is 0.410 e. The molecule has 3 fully saturated rings. The van der Waals surface area contributed by atoms with E-state index in [9.17, 15) is 4.79 Å². The Labute approximate surface area is 215 Å². The van der Waals surface area contributed by atoms with E-state index in [0.717, 1.165) is 48.8 Å². The number of ether oxygens (including phenoxy) is 2. The van der Waals surface area contributed by atoms with Crippen LogP contribution in [0.4, 0.5) is 16.3 Å². The van der Waals surface area contributed by atoms with Crippen molar-refractivity contribution in [3.63, 3.8) is 0 Å². The summed E-state index contributed by atoms with van der Waals surface area (Å²) in [6.45, 7) is 3.13. The molecule has 8 heteroatoms. The average molecular weight is 504 g/mol. The van der Waals surface area contributed by atoms with Crippen molar-refractivity contribution < 1.29 is 14.3 Å². The number of anilines is 2. The van der Waals surface area contributed by atoms with Crippen LogP contribution < -0.4 is 15.0 Å². The molecule has 2 heterocycles. The number of para-hydroxylation sites is 1. The first-order chi connectivity index (χ1) is 17.7. The summed E-state index contributed by atoms with van der Waals surface area (Å²) in [4.78, 5) is 24.7. The van der Waals surface area contributed by atoms with Crippen LogP contribution in [0.1, 0.15) is 37.8 Å². The van der Waals surface area contributed by atoms with E-state index >= 15 is 0 Å². The summed E-state index contributed by atoms with van der Waals surface area (Å²) in [6, 6.07) is 18.9. The molecule has 1 saturated heterocycles. The fraction of sp³-hybridized carbons (Fsp3) is 0.393. The maximum atomic E-state index is 12.3. The molecular formula is C28H31N4O3S+. The lowest BCUT2D eigenvalue weighted by Crippen LogP contribution is -2.40. The van der Waals surface area contributed by atoms with E-state index in [1.54, 1.807) is 23.9 Å². The number of carbonyl (C=O) groups is 1. The molecule has 6 rings (SSSR count). The van der Waals surface area contributed by atoms with Crippen LogP contribution in [-0.4, -0.2) is 47.6 Å². The number of benzene rings is 2. The van der Waals surface area contributed by atoms with Gasteiger partial charge in [-0.2, -0.15) is 0 Å². The fourth-order valence-electron chi connectivity index (χ4n) is 4.71. The maximum Gasteiger partial charge on any atom is 0.417 e. The van der Waals surface area contributed by atoms with Crippen molar-refractivity contribution in [3.8, 4) is 17.1 Å². The number of nitrogens with zero attached hydrogens (tertiary/aromatic N) is 3. The van der Waals surface area contributed by atoms with Crippen LogP contribution in [0.2, 0.25) is 0 Å². The monoisotopic (exact) mass is 503 g/mol. The van der Waals surface area contributed by atoms with Crippen LogP contribution in [0.5, 0.6) is 5.75 Å². The molecule has 3 aliphatic rings. The van der Waals surface area contributed by atoms with Crippen LogP contribution in [0.25, 0.3) is 11.4 Å². The lowest BCUT2D eigenvalue weighted by Gasteiger charge is -2.35. The first-order valence-corrected chi connectivity index (χ1v) is 13.7. The molecule has 0 unspecified atom stereocenters. The van der Waals surface area contributed by atoms with Gasteiger partial charge in [0.15, 0.2) is 10.6 Å². The molecule has 186 valence electrons. The van der Waals surface area contributed by atoms with Crippen LogP contribution in [0.15, 0.2) is 60.7 Å². The number of aromatic nitrogens is 2. The van der Waals surface area contributed by atoms with Gasteiger partial charge in [0.2, 0.25) is 0 Å². The first kappa shape index (κ1) is 23.3. The zero-order valence-corrected chi connectivity index (χ0v) is 21.1. The highest BCUT2D eigenvalue weighted by atomic mass is 32.2. The van der Waals surface area contributed by atoms with Gasteiger partial charge in [-0.05, 0) is 67.4 Å². The highest BCUT2D eigenvalue weighted by Crippen LogP contribution is 2.49. The Morgan fingerprint density at radius 1 is 1.03 bits per heavy atom. The van der Waals surface area contributed by atoms with Gasteiger partial charge in [0.25, 0.3) is 0 Å². The van der Waals surface area contributed by atoms with Gasteiger partial charge in [0.05, 0.1) is 13.2 Å². The quantitative estimate of drug-likeness (QED) is 0.363. The molecule has 0 radical (unpaired) electrons. The van der Waals surface area contributed by atoms with Gasteiger partial charge in [-0.1, -0.05) is 18.2 Å². The van der Waals surface area contributed by atoms with Gasteiger partial charge < -0.3 is 14.4 Å². The summed E-state index contributed by atoms with van der Waals surface area (Å²) in [7, 11) is 0. The topological polar surface area (TPSA) is 76.6 Å². The fourth-order valence-corrected chi connectivity index (χ4v) is 6.64. The van der Waals surface area contributed by atoms with Crippen molar-refractivity contribution in [2.75, 3.05) is 36.5 Å². The highest BCUT2D eigenvalue weighted by Gasteiger charge is 2.52. The largest absolute Gasteiger partial charge is 0.417 e. The summed E-state index contributed by atoms with van der Waals surface area (Å²) in [5, 5.41) is 3.62. The number of thiol groups is 1. The second-order valence-electron chi connectivity index (χ2n) is 9.68. The Bertz CT molecular complexity index is 1210. The van der Waals surface area contributed by atoms with Crippen LogP contribution in [0.3, 0.4) is 0 Å². The third-order valence-corrected chi connectivity index (χ3v) is 9.08. The van der Waals surface area contributed by atoms with E-state index in [1.165, 1.54) is 37.8 Å². The van der Waals surface area contributed by atoms with Crippen molar-refractivity contribution >= 4 is 29.4 Å². The molecular weight excluding hydrogens is 472 g/mol. The van der Waals surface area contributed by atoms with Gasteiger partial charge in [0, 0.05) is 43.2 Å². The van der Waals surface area contributed by atoms with E-state index in [4.69, 9.17) is 19.4 Å². The molecule has 2 aliphatic carbocycles. The van der Waals surface area contributed by atoms with Gasteiger partial charge in [-0.25, -0.2) is 14.8 Å². The molecule has 1 aliphatic heterocycles. The Hall–Kier alpha value is -3.10. The Kier molecular flexibility index (Phi) is 6.54. The molecule has 0 spiro atoms. The van der Waals surface area contributed by atoms with Gasteiger partial charge >= 0.3 is 6.09 Å². The number of hydrogen-bond donors (Lipinski definition) is 1. The van der Waals surface area contributed by atoms with Gasteiger partial charge in [-0.15, -0.1) is 0 Å². The molecule has 0 atom stereocenters. The number of morpholine rings is 1. The zero-order valence-electron chi connectivity index (χ0n) is 20.2. The number of carbonyl (C=O) groups excluding carboxylic acids is 1. The first-order valence-electron chi connectivity index (χ1n) is 12.8. The third-order valence-electron chi connectivity index (χ3n) is 7.03. The van der Waals surface area contributed by atoms with E-state index in [0.29, 0.717) is 11.4 Å². The van der Waals surface area contributed by atoms with Gasteiger partial charge in [-0.3, -0.25) is 5.32 Å². The Morgan fingerprint density at radius 2 is 1.78 bits per heavy atom. The minimum Gasteiger partial charge on any atom is -0.410 e. The van der Waals surface area contributed by atoms with E-state index in [2.05, 4.69) is 16.3 Å². The molecule has 36 heavy (non-hydrogen) atoms. The lowest BCUT2D eigenvalue weighted by molar-refractivity contribution is 0.122. The van der Waals surface area contributed by atoms with E-state index in [-0.39, 0.29) is 4.75 Å². The Morgan fingerprint density at radius 3 is 2.44 bits per heavy atom. The minimum atomic E-state index is -0.521. The summed E-state index contributed by atoms with van der Waals surface area (Å²) >= 11 is 1.54. The zero-order chi connectivity index (χ0) is 24.4. The summed E-state index contributed by atoms with van der Waals surface area (Å²) < 4.78 is 11.1. The van der Waals surface area contributed by atoms with Crippen molar-refractivity contribution in [1.82, 2.24) is 9.97 Å². The Balaban J connectivity index is 1.25.